The van der Waals surface area contributed by atoms with Gasteiger partial charge in [-0.3, -0.25) is 9.69 Å². The molecule has 1 fully saturated rings. The third-order valence-corrected chi connectivity index (χ3v) is 6.65. The van der Waals surface area contributed by atoms with Crippen LogP contribution in [0.2, 0.25) is 0 Å². The zero-order valence-electron chi connectivity index (χ0n) is 14.9. The largest absolute Gasteiger partial charge is 0.416 e. The molecule has 0 bridgehead atoms. The minimum absolute atomic E-state index is 0.0217. The summed E-state index contributed by atoms with van der Waals surface area (Å²) in [5, 5.41) is 0. The summed E-state index contributed by atoms with van der Waals surface area (Å²) in [6.45, 7) is 0.0217. The summed E-state index contributed by atoms with van der Waals surface area (Å²) < 4.78 is 62.2. The minimum Gasteiger partial charge on any atom is -0.288 e. The van der Waals surface area contributed by atoms with Crippen molar-refractivity contribution in [3.05, 3.63) is 70.1 Å². The molecule has 29 heavy (non-hydrogen) atoms. The molecule has 1 aliphatic rings. The van der Waals surface area contributed by atoms with Crippen LogP contribution in [0, 0.1) is 0 Å². The third kappa shape index (κ3) is 4.88. The first-order chi connectivity index (χ1) is 13.5. The van der Waals surface area contributed by atoms with Crippen LogP contribution in [0.4, 0.5) is 13.2 Å². The molecule has 0 N–H and O–H groups in total. The number of rotatable bonds is 4. The maximum atomic E-state index is 12.7. The zero-order valence-corrected chi connectivity index (χ0v) is 17.4. The summed E-state index contributed by atoms with van der Waals surface area (Å²) >= 11 is 6.25. The molecule has 0 radical (unpaired) electrons. The number of alkyl halides is 3. The van der Waals surface area contributed by atoms with Crippen molar-refractivity contribution in [3.8, 4) is 0 Å². The number of nitrogens with zero attached hydrogens (tertiary/aromatic N) is 1. The molecule has 0 aromatic heterocycles. The lowest BCUT2D eigenvalue weighted by atomic mass is 10.1. The van der Waals surface area contributed by atoms with Crippen LogP contribution >= 0.6 is 24.0 Å². The van der Waals surface area contributed by atoms with Crippen molar-refractivity contribution in [2.75, 3.05) is 6.26 Å². The van der Waals surface area contributed by atoms with Crippen LogP contribution in [0.25, 0.3) is 6.08 Å². The Labute approximate surface area is 175 Å². The Morgan fingerprint density at radius 3 is 2.31 bits per heavy atom. The van der Waals surface area contributed by atoms with Crippen LogP contribution in [-0.2, 0) is 27.4 Å². The SMILES string of the molecule is CS(=O)(=O)c1ccccc1/C=C1\SC(=S)N(Cc2ccc(C(F)(F)F)cc2)C1=O. The van der Waals surface area contributed by atoms with Crippen molar-refractivity contribution in [1.29, 1.82) is 0 Å². The van der Waals surface area contributed by atoms with E-state index in [-0.39, 0.29) is 20.7 Å². The van der Waals surface area contributed by atoms with E-state index >= 15 is 0 Å². The minimum atomic E-state index is -4.43. The number of hydrogen-bond acceptors (Lipinski definition) is 5. The number of sulfone groups is 1. The quantitative estimate of drug-likeness (QED) is 0.500. The summed E-state index contributed by atoms with van der Waals surface area (Å²) in [5.74, 6) is -0.428. The second-order valence-corrected chi connectivity index (χ2v) is 9.93. The Bertz CT molecular complexity index is 1110. The van der Waals surface area contributed by atoms with E-state index in [1.165, 1.54) is 29.2 Å². The van der Waals surface area contributed by atoms with Gasteiger partial charge >= 0.3 is 6.18 Å². The molecule has 0 saturated carbocycles. The molecule has 0 unspecified atom stereocenters. The van der Waals surface area contributed by atoms with Crippen molar-refractivity contribution >= 4 is 50.1 Å². The molecular weight excluding hydrogens is 443 g/mol. The van der Waals surface area contributed by atoms with E-state index in [0.29, 0.717) is 11.1 Å². The Morgan fingerprint density at radius 2 is 1.72 bits per heavy atom. The maximum absolute atomic E-state index is 12.7. The first kappa shape index (κ1) is 21.5. The zero-order chi connectivity index (χ0) is 21.4. The molecule has 3 rings (SSSR count). The predicted molar refractivity (Wildman–Crippen MR) is 110 cm³/mol. The normalized spacial score (nSPS) is 16.7. The van der Waals surface area contributed by atoms with Gasteiger partial charge in [-0.1, -0.05) is 54.3 Å². The van der Waals surface area contributed by atoms with Crippen LogP contribution in [0.5, 0.6) is 0 Å². The van der Waals surface area contributed by atoms with E-state index in [0.717, 1.165) is 30.2 Å². The van der Waals surface area contributed by atoms with Gasteiger partial charge in [0.2, 0.25) is 0 Å². The molecule has 1 saturated heterocycles. The van der Waals surface area contributed by atoms with Gasteiger partial charge in [0.1, 0.15) is 4.32 Å². The Balaban J connectivity index is 1.85. The molecule has 0 spiro atoms. The topological polar surface area (TPSA) is 54.5 Å². The first-order valence-corrected chi connectivity index (χ1v) is 11.3. The number of benzene rings is 2. The maximum Gasteiger partial charge on any atom is 0.416 e. The monoisotopic (exact) mass is 457 g/mol. The number of amides is 1. The fourth-order valence-electron chi connectivity index (χ4n) is 2.70. The van der Waals surface area contributed by atoms with Gasteiger partial charge in [0, 0.05) is 6.26 Å². The summed E-state index contributed by atoms with van der Waals surface area (Å²) in [7, 11) is -3.49. The molecule has 2 aromatic carbocycles. The van der Waals surface area contributed by atoms with Gasteiger partial charge in [-0.2, -0.15) is 13.2 Å². The van der Waals surface area contributed by atoms with Gasteiger partial charge in [0.25, 0.3) is 5.91 Å². The molecule has 0 atom stereocenters. The van der Waals surface area contributed by atoms with Crippen LogP contribution < -0.4 is 0 Å². The first-order valence-electron chi connectivity index (χ1n) is 8.17. The van der Waals surface area contributed by atoms with E-state index in [9.17, 15) is 26.4 Å². The van der Waals surface area contributed by atoms with Gasteiger partial charge in [-0.25, -0.2) is 8.42 Å². The summed E-state index contributed by atoms with van der Waals surface area (Å²) in [6.07, 6.45) is -1.89. The number of thioether (sulfide) groups is 1. The van der Waals surface area contributed by atoms with E-state index in [4.69, 9.17) is 12.2 Å². The van der Waals surface area contributed by atoms with E-state index in [2.05, 4.69) is 0 Å². The van der Waals surface area contributed by atoms with E-state index in [1.54, 1.807) is 18.2 Å². The van der Waals surface area contributed by atoms with Gasteiger partial charge in [0.05, 0.1) is 21.9 Å². The highest BCUT2D eigenvalue weighted by Gasteiger charge is 2.33. The fourth-order valence-corrected chi connectivity index (χ4v) is 4.82. The fraction of sp³-hybridized carbons (Fsp3) is 0.158. The molecule has 1 aliphatic heterocycles. The van der Waals surface area contributed by atoms with Crippen LogP contribution in [0.1, 0.15) is 16.7 Å². The molecule has 1 amide bonds. The van der Waals surface area contributed by atoms with Crippen molar-refractivity contribution in [2.24, 2.45) is 0 Å². The van der Waals surface area contributed by atoms with Crippen molar-refractivity contribution < 1.29 is 26.4 Å². The lowest BCUT2D eigenvalue weighted by Gasteiger charge is -2.15. The number of thiocarbonyl (C=S) groups is 1. The van der Waals surface area contributed by atoms with Crippen molar-refractivity contribution in [2.45, 2.75) is 17.6 Å². The summed E-state index contributed by atoms with van der Waals surface area (Å²) in [5.41, 5.74) is 0.0843. The average Bonchev–Trinajstić information content (AvgIpc) is 2.88. The molecule has 4 nitrogen and oxygen atoms in total. The highest BCUT2D eigenvalue weighted by Crippen LogP contribution is 2.35. The van der Waals surface area contributed by atoms with Gasteiger partial charge in [0.15, 0.2) is 9.84 Å². The van der Waals surface area contributed by atoms with Crippen LogP contribution in [0.15, 0.2) is 58.3 Å². The van der Waals surface area contributed by atoms with Gasteiger partial charge < -0.3 is 0 Å². The molecule has 2 aromatic rings. The van der Waals surface area contributed by atoms with E-state index in [1.807, 2.05) is 0 Å². The summed E-state index contributed by atoms with van der Waals surface area (Å²) in [4.78, 5) is 14.3. The lowest BCUT2D eigenvalue weighted by Crippen LogP contribution is -2.27. The third-order valence-electron chi connectivity index (χ3n) is 4.10. The average molecular weight is 458 g/mol. The van der Waals surface area contributed by atoms with Crippen LogP contribution in [-0.4, -0.2) is 29.8 Å². The molecule has 1 heterocycles. The molecular formula is C19H14F3NO3S3. The highest BCUT2D eigenvalue weighted by atomic mass is 32.2. The standard InChI is InChI=1S/C19H14F3NO3S3/c1-29(25,26)16-5-3-2-4-13(16)10-15-17(24)23(18(27)28-15)11-12-6-8-14(9-7-12)19(20,21)22/h2-10H,11H2,1H3/b15-10-. The highest BCUT2D eigenvalue weighted by molar-refractivity contribution is 8.26. The predicted octanol–water partition coefficient (Wildman–Crippen LogP) is 4.51. The number of carbonyl (C=O) groups excluding carboxylic acids is 1. The van der Waals surface area contributed by atoms with Gasteiger partial charge in [-0.15, -0.1) is 0 Å². The van der Waals surface area contributed by atoms with Crippen molar-refractivity contribution in [3.63, 3.8) is 0 Å². The number of halogens is 3. The molecule has 10 heteroatoms. The molecule has 0 aliphatic carbocycles. The molecule has 152 valence electrons. The Kier molecular flexibility index (Phi) is 5.88. The van der Waals surface area contributed by atoms with Crippen LogP contribution in [0.3, 0.4) is 0 Å². The smallest absolute Gasteiger partial charge is 0.288 e. The summed E-state index contributed by atoms with van der Waals surface area (Å²) in [6, 6.07) is 10.8. The Morgan fingerprint density at radius 1 is 1.10 bits per heavy atom. The Hall–Kier alpha value is -2.17. The second-order valence-electron chi connectivity index (χ2n) is 6.27. The lowest BCUT2D eigenvalue weighted by molar-refractivity contribution is -0.137. The van der Waals surface area contributed by atoms with E-state index < -0.39 is 27.5 Å². The number of hydrogen-bond donors (Lipinski definition) is 0. The second kappa shape index (κ2) is 7.92. The van der Waals surface area contributed by atoms with Crippen molar-refractivity contribution in [1.82, 2.24) is 4.90 Å². The number of carbonyl (C=O) groups is 1. The van der Waals surface area contributed by atoms with Gasteiger partial charge in [-0.05, 0) is 35.4 Å².